The van der Waals surface area contributed by atoms with Crippen LogP contribution in [-0.2, 0) is 0 Å². The number of fused-ring (bicyclic) bond motifs is 3. The number of furan rings is 1. The molecule has 3 rings (SSSR count). The molecule has 2 aromatic carbocycles. The third-order valence-corrected chi connectivity index (χ3v) is 5.25. The standard InChI is InChI=1S/C16H8ClF8O2PS/c17-7-3-1-4-8-11(7)12-9(26-8)5-2-6-10(12)27-29-16(24,25)14(20,21)13(18,19)15(22,23)28/h1-6H,28H2. The molecule has 1 aromatic heterocycles. The van der Waals surface area contributed by atoms with Crippen molar-refractivity contribution < 1.29 is 43.7 Å². The van der Waals surface area contributed by atoms with Gasteiger partial charge in [-0.3, -0.25) is 0 Å². The summed E-state index contributed by atoms with van der Waals surface area (Å²) >= 11 is 4.67. The fourth-order valence-electron chi connectivity index (χ4n) is 2.40. The van der Waals surface area contributed by atoms with Crippen LogP contribution in [0.25, 0.3) is 21.9 Å². The zero-order valence-electron chi connectivity index (χ0n) is 13.7. The van der Waals surface area contributed by atoms with Gasteiger partial charge in [0.25, 0.3) is 0 Å². The summed E-state index contributed by atoms with van der Waals surface area (Å²) in [7, 11) is 0.128. The largest absolute Gasteiger partial charge is 0.456 e. The van der Waals surface area contributed by atoms with Crippen LogP contribution in [0.3, 0.4) is 0 Å². The zero-order valence-corrected chi connectivity index (χ0v) is 16.4. The fraction of sp³-hybridized carbons (Fsp3) is 0.250. The molecule has 0 saturated heterocycles. The van der Waals surface area contributed by atoms with Crippen LogP contribution in [0.1, 0.15) is 0 Å². The maximum Gasteiger partial charge on any atom is 0.397 e. The van der Waals surface area contributed by atoms with E-state index in [0.717, 1.165) is 6.07 Å². The molecular weight excluding hydrogens is 475 g/mol. The topological polar surface area (TPSA) is 22.4 Å². The van der Waals surface area contributed by atoms with Gasteiger partial charge in [0.2, 0.25) is 0 Å². The molecule has 0 saturated carbocycles. The zero-order chi connectivity index (χ0) is 21.8. The lowest BCUT2D eigenvalue weighted by Crippen LogP contribution is -2.59. The minimum Gasteiger partial charge on any atom is -0.456 e. The summed E-state index contributed by atoms with van der Waals surface area (Å²) < 4.78 is 117. The van der Waals surface area contributed by atoms with E-state index in [1.165, 1.54) is 30.3 Å². The Morgan fingerprint density at radius 2 is 1.38 bits per heavy atom. The van der Waals surface area contributed by atoms with Crippen LogP contribution in [0.2, 0.25) is 5.02 Å². The molecule has 3 aromatic rings. The van der Waals surface area contributed by atoms with Gasteiger partial charge in [-0.1, -0.05) is 33.0 Å². The summed E-state index contributed by atoms with van der Waals surface area (Å²) in [4.78, 5) is 0. The van der Waals surface area contributed by atoms with Gasteiger partial charge < -0.3 is 8.60 Å². The summed E-state index contributed by atoms with van der Waals surface area (Å²) in [6.07, 6.45) is 0. The molecule has 0 radical (unpaired) electrons. The quantitative estimate of drug-likeness (QED) is 0.205. The molecule has 0 aliphatic carbocycles. The first kappa shape index (κ1) is 22.2. The van der Waals surface area contributed by atoms with Crippen molar-refractivity contribution >= 4 is 54.8 Å². The Balaban J connectivity index is 1.99. The molecule has 0 aliphatic heterocycles. The van der Waals surface area contributed by atoms with Crippen molar-refractivity contribution in [3.63, 3.8) is 0 Å². The highest BCUT2D eigenvalue weighted by Crippen LogP contribution is 2.58. The molecule has 29 heavy (non-hydrogen) atoms. The number of benzene rings is 2. The van der Waals surface area contributed by atoms with Gasteiger partial charge in [0, 0.05) is 0 Å². The highest BCUT2D eigenvalue weighted by molar-refractivity contribution is 7.96. The minimum atomic E-state index is -6.44. The minimum absolute atomic E-state index is 0.0165. The molecule has 0 bridgehead atoms. The Morgan fingerprint density at radius 3 is 1.97 bits per heavy atom. The Hall–Kier alpha value is -1.45. The van der Waals surface area contributed by atoms with Gasteiger partial charge in [-0.25, -0.2) is 0 Å². The first-order chi connectivity index (χ1) is 13.2. The van der Waals surface area contributed by atoms with E-state index in [1.807, 2.05) is 0 Å². The Bertz CT molecular complexity index is 1070. The first-order valence-corrected chi connectivity index (χ1v) is 9.16. The van der Waals surface area contributed by atoms with Crippen molar-refractivity contribution in [2.75, 3.05) is 0 Å². The van der Waals surface area contributed by atoms with Crippen molar-refractivity contribution in [1.29, 1.82) is 0 Å². The van der Waals surface area contributed by atoms with Gasteiger partial charge in [0.15, 0.2) is 0 Å². The van der Waals surface area contributed by atoms with Crippen molar-refractivity contribution in [1.82, 2.24) is 0 Å². The smallest absolute Gasteiger partial charge is 0.397 e. The van der Waals surface area contributed by atoms with E-state index in [4.69, 9.17) is 16.0 Å². The van der Waals surface area contributed by atoms with E-state index in [1.54, 1.807) is 0 Å². The first-order valence-electron chi connectivity index (χ1n) is 7.46. The van der Waals surface area contributed by atoms with Gasteiger partial charge >= 0.3 is 22.8 Å². The molecule has 1 heterocycles. The predicted octanol–water partition coefficient (Wildman–Crippen LogP) is 7.60. The van der Waals surface area contributed by atoms with Gasteiger partial charge in [-0.05, 0) is 24.3 Å². The third-order valence-electron chi connectivity index (χ3n) is 3.85. The number of rotatable bonds is 6. The Kier molecular flexibility index (Phi) is 5.41. The van der Waals surface area contributed by atoms with Crippen LogP contribution >= 0.6 is 32.9 Å². The predicted molar refractivity (Wildman–Crippen MR) is 96.4 cm³/mol. The molecule has 0 fully saturated rings. The van der Waals surface area contributed by atoms with E-state index in [-0.39, 0.29) is 36.2 Å². The monoisotopic (exact) mass is 482 g/mol. The van der Waals surface area contributed by atoms with Crippen LogP contribution in [-0.4, -0.2) is 22.8 Å². The Morgan fingerprint density at radius 1 is 0.828 bits per heavy atom. The van der Waals surface area contributed by atoms with E-state index in [2.05, 4.69) is 4.18 Å². The second-order valence-electron chi connectivity index (χ2n) is 5.80. The molecule has 0 amide bonds. The molecule has 0 aliphatic rings. The second kappa shape index (κ2) is 7.06. The SMILES string of the molecule is FC(F)(P)C(F)(F)C(F)(F)C(F)(F)SOc1cccc2oc3cccc(Cl)c3c12. The summed E-state index contributed by atoms with van der Waals surface area (Å²) in [5.41, 5.74) is -5.18. The average molecular weight is 483 g/mol. The van der Waals surface area contributed by atoms with Crippen LogP contribution in [0.5, 0.6) is 5.75 Å². The summed E-state index contributed by atoms with van der Waals surface area (Å²) in [6.45, 7) is 0. The van der Waals surface area contributed by atoms with Crippen molar-refractivity contribution in [2.45, 2.75) is 22.8 Å². The van der Waals surface area contributed by atoms with Gasteiger partial charge in [0.05, 0.1) is 15.8 Å². The lowest BCUT2D eigenvalue weighted by atomic mass is 10.1. The normalized spacial score (nSPS) is 14.0. The molecule has 0 spiro atoms. The number of halogens is 9. The van der Waals surface area contributed by atoms with E-state index in [0.29, 0.717) is 0 Å². The Labute approximate surface area is 168 Å². The van der Waals surface area contributed by atoms with Crippen LogP contribution in [0.4, 0.5) is 35.1 Å². The molecule has 1 atom stereocenters. The van der Waals surface area contributed by atoms with Crippen LogP contribution in [0.15, 0.2) is 40.8 Å². The average Bonchev–Trinajstić information content (AvgIpc) is 2.99. The summed E-state index contributed by atoms with van der Waals surface area (Å²) in [5.74, 6) is -13.3. The molecule has 0 N–H and O–H groups in total. The van der Waals surface area contributed by atoms with Crippen LogP contribution in [0, 0.1) is 0 Å². The van der Waals surface area contributed by atoms with Crippen molar-refractivity contribution in [3.8, 4) is 5.75 Å². The molecule has 13 heteroatoms. The van der Waals surface area contributed by atoms with E-state index < -0.39 is 40.6 Å². The fourth-order valence-corrected chi connectivity index (χ4v) is 3.41. The van der Waals surface area contributed by atoms with Gasteiger partial charge in [0.1, 0.15) is 29.0 Å². The van der Waals surface area contributed by atoms with E-state index in [9.17, 15) is 35.1 Å². The van der Waals surface area contributed by atoms with Crippen molar-refractivity contribution in [3.05, 3.63) is 41.4 Å². The second-order valence-corrected chi connectivity index (χ2v) is 7.78. The van der Waals surface area contributed by atoms with Gasteiger partial charge in [-0.15, -0.1) is 0 Å². The molecule has 1 unspecified atom stereocenters. The number of hydrogen-bond acceptors (Lipinski definition) is 3. The highest BCUT2D eigenvalue weighted by Gasteiger charge is 2.80. The molecule has 158 valence electrons. The number of alkyl halides is 8. The summed E-state index contributed by atoms with van der Waals surface area (Å²) in [5, 5.41) is -5.38. The van der Waals surface area contributed by atoms with Gasteiger partial charge in [-0.2, -0.15) is 35.1 Å². The molecular formula is C16H8ClF8O2PS. The van der Waals surface area contributed by atoms with Crippen molar-refractivity contribution in [2.24, 2.45) is 0 Å². The van der Waals surface area contributed by atoms with E-state index >= 15 is 0 Å². The highest BCUT2D eigenvalue weighted by atomic mass is 35.5. The number of hydrogen-bond donors (Lipinski definition) is 0. The lowest BCUT2D eigenvalue weighted by molar-refractivity contribution is -0.323. The maximum atomic E-state index is 13.8. The third kappa shape index (κ3) is 3.51. The summed E-state index contributed by atoms with van der Waals surface area (Å²) in [6, 6.07) is 8.19. The lowest BCUT2D eigenvalue weighted by Gasteiger charge is -2.34. The maximum absolute atomic E-state index is 13.8. The van der Waals surface area contributed by atoms with Crippen LogP contribution < -0.4 is 4.18 Å². The molecule has 2 nitrogen and oxygen atoms in total.